The summed E-state index contributed by atoms with van der Waals surface area (Å²) in [7, 11) is 0. The van der Waals surface area contributed by atoms with Crippen LogP contribution in [0.3, 0.4) is 0 Å². The summed E-state index contributed by atoms with van der Waals surface area (Å²) in [5, 5.41) is 3.32. The molecule has 0 saturated carbocycles. The molecule has 0 radical (unpaired) electrons. The zero-order valence-electron chi connectivity index (χ0n) is 14.6. The quantitative estimate of drug-likeness (QED) is 0.414. The first-order valence-electron chi connectivity index (χ1n) is 8.67. The molecular formula is C18H27IN4O2. The predicted octanol–water partition coefficient (Wildman–Crippen LogP) is 2.29. The Hall–Kier alpha value is -1.51. The molecule has 0 bridgehead atoms. The number of ether oxygens (including phenoxy) is 1. The van der Waals surface area contributed by atoms with E-state index in [2.05, 4.69) is 16.4 Å². The topological polar surface area (TPSA) is 80.0 Å². The van der Waals surface area contributed by atoms with Gasteiger partial charge < -0.3 is 20.7 Å². The van der Waals surface area contributed by atoms with Gasteiger partial charge in [0.2, 0.25) is 5.91 Å². The van der Waals surface area contributed by atoms with Crippen LogP contribution >= 0.6 is 24.0 Å². The van der Waals surface area contributed by atoms with Gasteiger partial charge in [0.25, 0.3) is 0 Å². The number of amides is 1. The van der Waals surface area contributed by atoms with Gasteiger partial charge in [-0.05, 0) is 24.8 Å². The lowest BCUT2D eigenvalue weighted by molar-refractivity contribution is -0.130. The minimum Gasteiger partial charge on any atom is -0.493 e. The van der Waals surface area contributed by atoms with Crippen molar-refractivity contribution in [1.29, 1.82) is 0 Å². The summed E-state index contributed by atoms with van der Waals surface area (Å²) in [4.78, 5) is 17.9. The van der Waals surface area contributed by atoms with Crippen molar-refractivity contribution in [3.63, 3.8) is 0 Å². The number of nitrogens with one attached hydrogen (secondary N) is 1. The molecule has 1 aromatic carbocycles. The molecular weight excluding hydrogens is 431 g/mol. The van der Waals surface area contributed by atoms with Crippen molar-refractivity contribution in [3.05, 3.63) is 29.8 Å². The molecule has 2 aliphatic heterocycles. The molecule has 2 heterocycles. The van der Waals surface area contributed by atoms with Gasteiger partial charge in [-0.25, -0.2) is 0 Å². The van der Waals surface area contributed by atoms with Crippen LogP contribution in [0, 0.1) is 5.92 Å². The van der Waals surface area contributed by atoms with Gasteiger partial charge in [0, 0.05) is 38.5 Å². The number of carbonyl (C=O) groups excluding carboxylic acids is 1. The number of hydrogen-bond donors (Lipinski definition) is 2. The number of carbonyl (C=O) groups is 1. The Morgan fingerprint density at radius 3 is 3.00 bits per heavy atom. The van der Waals surface area contributed by atoms with Crippen LogP contribution < -0.4 is 15.8 Å². The number of para-hydroxylation sites is 1. The van der Waals surface area contributed by atoms with E-state index in [0.717, 1.165) is 43.7 Å². The van der Waals surface area contributed by atoms with Gasteiger partial charge in [0.15, 0.2) is 5.96 Å². The average molecular weight is 458 g/mol. The standard InChI is InChI=1S/C18H26N4O2.HI/c1-13(23)22-9-4-5-14(12-22)11-20-18(19)21-16-8-10-24-17-7-3-2-6-15(16)17;/h2-3,6-7,14,16H,4-5,8-12H2,1H3,(H3,19,20,21);1H. The van der Waals surface area contributed by atoms with Crippen LogP contribution in [-0.2, 0) is 4.79 Å². The number of likely N-dealkylation sites (tertiary alicyclic amines) is 1. The van der Waals surface area contributed by atoms with Crippen molar-refractivity contribution in [2.75, 3.05) is 26.2 Å². The Balaban J connectivity index is 0.00000225. The van der Waals surface area contributed by atoms with Crippen molar-refractivity contribution in [3.8, 4) is 5.75 Å². The molecule has 25 heavy (non-hydrogen) atoms. The lowest BCUT2D eigenvalue weighted by atomic mass is 9.98. The highest BCUT2D eigenvalue weighted by Crippen LogP contribution is 2.31. The number of halogens is 1. The molecule has 138 valence electrons. The minimum absolute atomic E-state index is 0. The van der Waals surface area contributed by atoms with Gasteiger partial charge in [0.1, 0.15) is 5.75 Å². The summed E-state index contributed by atoms with van der Waals surface area (Å²) >= 11 is 0. The van der Waals surface area contributed by atoms with Crippen LogP contribution in [0.15, 0.2) is 29.3 Å². The molecule has 0 aromatic heterocycles. The van der Waals surface area contributed by atoms with Gasteiger partial charge in [-0.3, -0.25) is 9.79 Å². The van der Waals surface area contributed by atoms with E-state index in [1.807, 2.05) is 23.1 Å². The molecule has 3 rings (SSSR count). The first-order valence-corrected chi connectivity index (χ1v) is 8.67. The molecule has 2 atom stereocenters. The van der Waals surface area contributed by atoms with E-state index in [4.69, 9.17) is 10.5 Å². The number of fused-ring (bicyclic) bond motifs is 1. The third kappa shape index (κ3) is 5.23. The molecule has 7 heteroatoms. The third-order valence-corrected chi connectivity index (χ3v) is 4.76. The lowest BCUT2D eigenvalue weighted by Gasteiger charge is -2.31. The monoisotopic (exact) mass is 458 g/mol. The molecule has 6 nitrogen and oxygen atoms in total. The summed E-state index contributed by atoms with van der Waals surface area (Å²) in [5.41, 5.74) is 7.22. The van der Waals surface area contributed by atoms with Crippen LogP contribution in [0.1, 0.15) is 37.8 Å². The normalized spacial score (nSPS) is 23.1. The largest absolute Gasteiger partial charge is 0.493 e. The van der Waals surface area contributed by atoms with Crippen LogP contribution in [0.5, 0.6) is 5.75 Å². The maximum absolute atomic E-state index is 11.5. The van der Waals surface area contributed by atoms with Crippen molar-refractivity contribution in [1.82, 2.24) is 10.2 Å². The fourth-order valence-corrected chi connectivity index (χ4v) is 3.44. The summed E-state index contributed by atoms with van der Waals surface area (Å²) in [6.07, 6.45) is 3.01. The second-order valence-electron chi connectivity index (χ2n) is 6.57. The van der Waals surface area contributed by atoms with Gasteiger partial charge in [-0.1, -0.05) is 18.2 Å². The molecule has 3 N–H and O–H groups in total. The first kappa shape index (κ1) is 19.8. The molecule has 2 aliphatic rings. The number of benzene rings is 1. The number of rotatable bonds is 3. The highest BCUT2D eigenvalue weighted by atomic mass is 127. The second kappa shape index (κ2) is 9.26. The lowest BCUT2D eigenvalue weighted by Crippen LogP contribution is -2.41. The molecule has 2 unspecified atom stereocenters. The van der Waals surface area contributed by atoms with Crippen LogP contribution in [0.25, 0.3) is 0 Å². The highest BCUT2D eigenvalue weighted by molar-refractivity contribution is 14.0. The van der Waals surface area contributed by atoms with Crippen molar-refractivity contribution in [2.24, 2.45) is 16.6 Å². The zero-order chi connectivity index (χ0) is 16.9. The van der Waals surface area contributed by atoms with Crippen molar-refractivity contribution < 1.29 is 9.53 Å². The van der Waals surface area contributed by atoms with Gasteiger partial charge in [0.05, 0.1) is 12.6 Å². The average Bonchev–Trinajstić information content (AvgIpc) is 2.60. The number of hydrogen-bond acceptors (Lipinski definition) is 3. The Morgan fingerprint density at radius 2 is 2.20 bits per heavy atom. The molecule has 0 spiro atoms. The van der Waals surface area contributed by atoms with E-state index in [-0.39, 0.29) is 35.9 Å². The molecule has 1 amide bonds. The Kier molecular flexibility index (Phi) is 7.34. The number of aliphatic imine (C=N–C) groups is 1. The third-order valence-electron chi connectivity index (χ3n) is 4.76. The fourth-order valence-electron chi connectivity index (χ4n) is 3.44. The summed E-state index contributed by atoms with van der Waals surface area (Å²) in [6.45, 7) is 4.62. The SMILES string of the molecule is CC(=O)N1CCCC(CN=C(N)NC2CCOc3ccccc32)C1.I. The first-order chi connectivity index (χ1) is 11.6. The van der Waals surface area contributed by atoms with E-state index < -0.39 is 0 Å². The Bertz CT molecular complexity index is 623. The number of piperidine rings is 1. The van der Waals surface area contributed by atoms with E-state index in [1.54, 1.807) is 6.92 Å². The highest BCUT2D eigenvalue weighted by Gasteiger charge is 2.23. The summed E-state index contributed by atoms with van der Waals surface area (Å²) in [6, 6.07) is 8.16. The minimum atomic E-state index is 0. The smallest absolute Gasteiger partial charge is 0.219 e. The maximum atomic E-state index is 11.5. The number of nitrogens with zero attached hydrogens (tertiary/aromatic N) is 2. The van der Waals surface area contributed by atoms with Crippen molar-refractivity contribution in [2.45, 2.75) is 32.2 Å². The molecule has 0 aliphatic carbocycles. The van der Waals surface area contributed by atoms with Crippen LogP contribution in [0.2, 0.25) is 0 Å². The number of nitrogens with two attached hydrogens (primary N) is 1. The zero-order valence-corrected chi connectivity index (χ0v) is 16.9. The molecule has 1 fully saturated rings. The summed E-state index contributed by atoms with van der Waals surface area (Å²) < 4.78 is 5.67. The summed E-state index contributed by atoms with van der Waals surface area (Å²) in [5.74, 6) is 1.92. The molecule has 1 aromatic rings. The van der Waals surface area contributed by atoms with E-state index in [1.165, 1.54) is 0 Å². The van der Waals surface area contributed by atoms with Gasteiger partial charge >= 0.3 is 0 Å². The maximum Gasteiger partial charge on any atom is 0.219 e. The van der Waals surface area contributed by atoms with E-state index in [9.17, 15) is 4.79 Å². The van der Waals surface area contributed by atoms with Gasteiger partial charge in [-0.2, -0.15) is 0 Å². The molecule has 1 saturated heterocycles. The van der Waals surface area contributed by atoms with E-state index >= 15 is 0 Å². The van der Waals surface area contributed by atoms with Gasteiger partial charge in [-0.15, -0.1) is 24.0 Å². The van der Waals surface area contributed by atoms with E-state index in [0.29, 0.717) is 25.0 Å². The Morgan fingerprint density at radius 1 is 1.40 bits per heavy atom. The Labute approximate surface area is 166 Å². The second-order valence-corrected chi connectivity index (χ2v) is 6.57. The number of guanidine groups is 1. The van der Waals surface area contributed by atoms with Crippen molar-refractivity contribution >= 4 is 35.8 Å². The fraction of sp³-hybridized carbons (Fsp3) is 0.556. The van der Waals surface area contributed by atoms with Crippen LogP contribution in [0.4, 0.5) is 0 Å². The predicted molar refractivity (Wildman–Crippen MR) is 109 cm³/mol. The van der Waals surface area contributed by atoms with Crippen LogP contribution in [-0.4, -0.2) is 43.0 Å².